The second-order valence-electron chi connectivity index (χ2n) is 10.4. The predicted octanol–water partition coefficient (Wildman–Crippen LogP) is 5.64. The van der Waals surface area contributed by atoms with E-state index in [1.54, 1.807) is 0 Å². The van der Waals surface area contributed by atoms with Crippen molar-refractivity contribution in [2.24, 2.45) is 0 Å². The van der Waals surface area contributed by atoms with Crippen molar-refractivity contribution in [3.63, 3.8) is 0 Å². The van der Waals surface area contributed by atoms with Crippen LogP contribution in [-0.2, 0) is 10.8 Å². The zero-order chi connectivity index (χ0) is 22.1. The Kier molecular flexibility index (Phi) is 6.49. The summed E-state index contributed by atoms with van der Waals surface area (Å²) in [5, 5.41) is 19.1. The third-order valence-corrected chi connectivity index (χ3v) is 5.93. The fraction of sp³-hybridized carbons (Fsp3) is 0.538. The van der Waals surface area contributed by atoms with Gasteiger partial charge >= 0.3 is 0 Å². The molecule has 0 saturated heterocycles. The lowest BCUT2D eigenvalue weighted by molar-refractivity contribution is 0.290. The molecule has 164 valence electrons. The van der Waals surface area contributed by atoms with Gasteiger partial charge in [-0.1, -0.05) is 53.7 Å². The fourth-order valence-corrected chi connectivity index (χ4v) is 4.07. The van der Waals surface area contributed by atoms with E-state index in [1.165, 1.54) is 33.9 Å². The number of aliphatic hydroxyl groups is 2. The van der Waals surface area contributed by atoms with Gasteiger partial charge in [0.15, 0.2) is 0 Å². The summed E-state index contributed by atoms with van der Waals surface area (Å²) >= 11 is 0. The molecule has 4 nitrogen and oxygen atoms in total. The molecule has 0 aromatic heterocycles. The minimum atomic E-state index is 0.0595. The lowest BCUT2D eigenvalue weighted by Gasteiger charge is -2.42. The van der Waals surface area contributed by atoms with Gasteiger partial charge in [-0.05, 0) is 59.1 Å². The molecule has 0 atom stereocenters. The molecule has 4 heteroatoms. The molecule has 1 aliphatic rings. The number of benzene rings is 2. The van der Waals surface area contributed by atoms with Gasteiger partial charge in [0.05, 0.1) is 22.7 Å². The quantitative estimate of drug-likeness (QED) is 0.647. The van der Waals surface area contributed by atoms with Gasteiger partial charge in [0.1, 0.15) is 0 Å². The van der Waals surface area contributed by atoms with Gasteiger partial charge in [0, 0.05) is 26.3 Å². The largest absolute Gasteiger partial charge is 0.396 e. The molecule has 0 unspecified atom stereocenters. The summed E-state index contributed by atoms with van der Waals surface area (Å²) in [6.45, 7) is 15.3. The van der Waals surface area contributed by atoms with Gasteiger partial charge in [-0.3, -0.25) is 0 Å². The van der Waals surface area contributed by atoms with E-state index in [2.05, 4.69) is 87.7 Å². The SMILES string of the molecule is CC(C)(C)c1ccc2c(c1)N(CCCO)c1ccc(C(C)(C)C)cc1N2CCCO. The van der Waals surface area contributed by atoms with Gasteiger partial charge < -0.3 is 20.0 Å². The number of hydrogen-bond acceptors (Lipinski definition) is 4. The zero-order valence-corrected chi connectivity index (χ0v) is 19.5. The number of fused-ring (bicyclic) bond motifs is 2. The van der Waals surface area contributed by atoms with E-state index in [0.29, 0.717) is 0 Å². The Hall–Kier alpha value is -2.04. The number of rotatable bonds is 6. The first-order valence-electron chi connectivity index (χ1n) is 11.1. The molecule has 0 bridgehead atoms. The Morgan fingerprint density at radius 1 is 0.600 bits per heavy atom. The lowest BCUT2D eigenvalue weighted by atomic mass is 9.85. The van der Waals surface area contributed by atoms with Crippen molar-refractivity contribution in [3.8, 4) is 0 Å². The summed E-state index contributed by atoms with van der Waals surface area (Å²) in [5.74, 6) is 0. The normalized spacial score (nSPS) is 14.0. The van der Waals surface area contributed by atoms with Crippen molar-refractivity contribution >= 4 is 22.7 Å². The van der Waals surface area contributed by atoms with Gasteiger partial charge in [-0.2, -0.15) is 0 Å². The topological polar surface area (TPSA) is 46.9 Å². The molecule has 0 spiro atoms. The summed E-state index contributed by atoms with van der Waals surface area (Å²) in [6.07, 6.45) is 1.44. The smallest absolute Gasteiger partial charge is 0.0655 e. The van der Waals surface area contributed by atoms with Crippen LogP contribution in [0.3, 0.4) is 0 Å². The molecule has 1 heterocycles. The van der Waals surface area contributed by atoms with E-state index < -0.39 is 0 Å². The van der Waals surface area contributed by atoms with Crippen molar-refractivity contribution in [2.75, 3.05) is 36.1 Å². The van der Waals surface area contributed by atoms with E-state index >= 15 is 0 Å². The van der Waals surface area contributed by atoms with Crippen LogP contribution in [0.4, 0.5) is 22.7 Å². The highest BCUT2D eigenvalue weighted by Crippen LogP contribution is 2.50. The van der Waals surface area contributed by atoms with Crippen LogP contribution in [0, 0.1) is 0 Å². The molecule has 2 aromatic carbocycles. The number of hydrogen-bond donors (Lipinski definition) is 2. The van der Waals surface area contributed by atoms with E-state index in [1.807, 2.05) is 0 Å². The van der Waals surface area contributed by atoms with E-state index in [0.717, 1.165) is 25.9 Å². The fourth-order valence-electron chi connectivity index (χ4n) is 4.07. The van der Waals surface area contributed by atoms with Gasteiger partial charge in [0.25, 0.3) is 0 Å². The highest BCUT2D eigenvalue weighted by molar-refractivity contribution is 5.93. The Morgan fingerprint density at radius 2 is 0.967 bits per heavy atom. The molecular weight excluding hydrogens is 372 g/mol. The predicted molar refractivity (Wildman–Crippen MR) is 128 cm³/mol. The summed E-state index contributed by atoms with van der Waals surface area (Å²) in [6, 6.07) is 13.5. The maximum Gasteiger partial charge on any atom is 0.0655 e. The average molecular weight is 411 g/mol. The van der Waals surface area contributed by atoms with Crippen molar-refractivity contribution in [1.29, 1.82) is 0 Å². The lowest BCUT2D eigenvalue weighted by Crippen LogP contribution is -2.32. The van der Waals surface area contributed by atoms with Crippen molar-refractivity contribution in [1.82, 2.24) is 0 Å². The summed E-state index contributed by atoms with van der Waals surface area (Å²) in [4.78, 5) is 4.72. The minimum Gasteiger partial charge on any atom is -0.396 e. The van der Waals surface area contributed by atoms with Gasteiger partial charge in [-0.15, -0.1) is 0 Å². The van der Waals surface area contributed by atoms with Crippen LogP contribution >= 0.6 is 0 Å². The van der Waals surface area contributed by atoms with Crippen LogP contribution in [0.1, 0.15) is 65.5 Å². The second kappa shape index (κ2) is 8.60. The Morgan fingerprint density at radius 3 is 1.27 bits per heavy atom. The van der Waals surface area contributed by atoms with Crippen LogP contribution in [0.25, 0.3) is 0 Å². The van der Waals surface area contributed by atoms with Crippen LogP contribution in [0.5, 0.6) is 0 Å². The molecule has 0 fully saturated rings. The Bertz CT molecular complexity index is 804. The Labute approximate surface area is 182 Å². The van der Waals surface area contributed by atoms with Crippen molar-refractivity contribution < 1.29 is 10.2 Å². The van der Waals surface area contributed by atoms with Gasteiger partial charge in [0.2, 0.25) is 0 Å². The first-order valence-corrected chi connectivity index (χ1v) is 11.1. The van der Waals surface area contributed by atoms with Crippen LogP contribution in [0.15, 0.2) is 36.4 Å². The van der Waals surface area contributed by atoms with E-state index in [9.17, 15) is 10.2 Å². The van der Waals surface area contributed by atoms with Gasteiger partial charge in [-0.25, -0.2) is 0 Å². The number of aliphatic hydroxyl groups excluding tert-OH is 2. The van der Waals surface area contributed by atoms with E-state index in [-0.39, 0.29) is 24.0 Å². The van der Waals surface area contributed by atoms with Crippen LogP contribution in [-0.4, -0.2) is 36.5 Å². The van der Waals surface area contributed by atoms with Crippen LogP contribution in [0.2, 0.25) is 0 Å². The molecule has 2 N–H and O–H groups in total. The molecule has 0 saturated carbocycles. The monoisotopic (exact) mass is 410 g/mol. The summed E-state index contributed by atoms with van der Waals surface area (Å²) < 4.78 is 0. The average Bonchev–Trinajstić information content (AvgIpc) is 2.68. The summed E-state index contributed by atoms with van der Waals surface area (Å²) in [5.41, 5.74) is 7.43. The molecule has 3 rings (SSSR count). The molecule has 0 aliphatic carbocycles. The maximum absolute atomic E-state index is 9.53. The molecule has 0 amide bonds. The second-order valence-corrected chi connectivity index (χ2v) is 10.4. The number of anilines is 4. The molecular formula is C26H38N2O2. The molecule has 2 aromatic rings. The third kappa shape index (κ3) is 4.50. The van der Waals surface area contributed by atoms with Crippen molar-refractivity contribution in [3.05, 3.63) is 47.5 Å². The standard InChI is InChI=1S/C26H38N2O2/c1-25(2,3)19-9-11-21-23(17-19)27(13-7-15-29)22-12-10-20(26(4,5)6)18-24(22)28(21)14-8-16-30/h9-12,17-18,29-30H,7-8,13-16H2,1-6H3. The molecule has 1 aliphatic heterocycles. The molecule has 0 radical (unpaired) electrons. The maximum atomic E-state index is 9.53. The zero-order valence-electron chi connectivity index (χ0n) is 19.5. The van der Waals surface area contributed by atoms with Crippen LogP contribution < -0.4 is 9.80 Å². The first kappa shape index (κ1) is 22.6. The van der Waals surface area contributed by atoms with E-state index in [4.69, 9.17) is 0 Å². The summed E-state index contributed by atoms with van der Waals surface area (Å²) in [7, 11) is 0. The first-order chi connectivity index (χ1) is 14.1. The highest BCUT2D eigenvalue weighted by Gasteiger charge is 2.30. The number of nitrogens with zero attached hydrogens (tertiary/aromatic N) is 2. The molecule has 30 heavy (non-hydrogen) atoms. The Balaban J connectivity index is 2.21. The third-order valence-electron chi connectivity index (χ3n) is 5.93. The minimum absolute atomic E-state index is 0.0595. The highest BCUT2D eigenvalue weighted by atomic mass is 16.3. The van der Waals surface area contributed by atoms with Crippen molar-refractivity contribution in [2.45, 2.75) is 65.2 Å².